The molecule has 0 aliphatic heterocycles. The van der Waals surface area contributed by atoms with Gasteiger partial charge in [-0.1, -0.05) is 42.8 Å². The Morgan fingerprint density at radius 3 is 2.47 bits per heavy atom. The third kappa shape index (κ3) is 3.40. The van der Waals surface area contributed by atoms with Crippen LogP contribution in [0.25, 0.3) is 10.8 Å². The van der Waals surface area contributed by atoms with Gasteiger partial charge in [-0.2, -0.15) is 0 Å². The summed E-state index contributed by atoms with van der Waals surface area (Å²) in [6, 6.07) is 11.9. The van der Waals surface area contributed by atoms with Crippen molar-refractivity contribution < 1.29 is 4.74 Å². The average molecular weight is 278 g/mol. The molecule has 0 aromatic heterocycles. The van der Waals surface area contributed by atoms with Gasteiger partial charge >= 0.3 is 0 Å². The van der Waals surface area contributed by atoms with Crippen molar-refractivity contribution in [3.8, 4) is 5.75 Å². The lowest BCUT2D eigenvalue weighted by Gasteiger charge is -2.27. The van der Waals surface area contributed by atoms with Gasteiger partial charge in [0.1, 0.15) is 11.4 Å². The van der Waals surface area contributed by atoms with Crippen molar-refractivity contribution in [1.82, 2.24) is 5.32 Å². The van der Waals surface area contributed by atoms with E-state index in [-0.39, 0.29) is 5.60 Å². The van der Waals surface area contributed by atoms with Crippen LogP contribution in [-0.2, 0) is 0 Å². The van der Waals surface area contributed by atoms with Gasteiger partial charge in [0, 0.05) is 22.3 Å². The minimum atomic E-state index is -0.257. The quantitative estimate of drug-likeness (QED) is 0.882. The Morgan fingerprint density at radius 1 is 1.11 bits per heavy atom. The maximum atomic E-state index is 6.22. The topological polar surface area (TPSA) is 21.3 Å². The SMILES string of the molecule is CCNCC(C)(C)Oc1ccc(Cl)c2ccccc12. The number of rotatable bonds is 5. The Kier molecular flexibility index (Phi) is 4.33. The number of ether oxygens (including phenoxy) is 1. The highest BCUT2D eigenvalue weighted by Crippen LogP contribution is 2.33. The van der Waals surface area contributed by atoms with E-state index in [9.17, 15) is 0 Å². The number of nitrogens with one attached hydrogen (secondary N) is 1. The van der Waals surface area contributed by atoms with Crippen LogP contribution in [-0.4, -0.2) is 18.7 Å². The number of hydrogen-bond acceptors (Lipinski definition) is 2. The average Bonchev–Trinajstić information content (AvgIpc) is 2.40. The summed E-state index contributed by atoms with van der Waals surface area (Å²) in [5.41, 5.74) is -0.257. The van der Waals surface area contributed by atoms with E-state index in [2.05, 4.69) is 26.1 Å². The number of hydrogen-bond donors (Lipinski definition) is 1. The molecule has 2 aromatic rings. The fourth-order valence-corrected chi connectivity index (χ4v) is 2.31. The Bertz CT molecular complexity index is 566. The summed E-state index contributed by atoms with van der Waals surface area (Å²) in [6.45, 7) is 8.00. The molecule has 19 heavy (non-hydrogen) atoms. The number of benzene rings is 2. The molecule has 2 aromatic carbocycles. The lowest BCUT2D eigenvalue weighted by atomic mass is 10.1. The van der Waals surface area contributed by atoms with Crippen molar-refractivity contribution in [2.24, 2.45) is 0 Å². The number of fused-ring (bicyclic) bond motifs is 1. The molecule has 102 valence electrons. The predicted octanol–water partition coefficient (Wildman–Crippen LogP) is 4.26. The van der Waals surface area contributed by atoms with Gasteiger partial charge in [0.15, 0.2) is 0 Å². The van der Waals surface area contributed by atoms with Gasteiger partial charge in [-0.15, -0.1) is 0 Å². The Balaban J connectivity index is 2.33. The van der Waals surface area contributed by atoms with E-state index in [1.807, 2.05) is 36.4 Å². The second-order valence-electron chi connectivity index (χ2n) is 5.23. The van der Waals surface area contributed by atoms with Crippen molar-refractivity contribution in [3.05, 3.63) is 41.4 Å². The molecule has 2 nitrogen and oxygen atoms in total. The molecule has 1 N–H and O–H groups in total. The van der Waals surface area contributed by atoms with E-state index in [1.54, 1.807) is 0 Å². The van der Waals surface area contributed by atoms with E-state index in [4.69, 9.17) is 16.3 Å². The monoisotopic (exact) mass is 277 g/mol. The standard InChI is InChI=1S/C16H20ClNO/c1-4-18-11-16(2,3)19-15-10-9-14(17)12-7-5-6-8-13(12)15/h5-10,18H,4,11H2,1-3H3. The highest BCUT2D eigenvalue weighted by molar-refractivity contribution is 6.35. The van der Waals surface area contributed by atoms with E-state index < -0.39 is 0 Å². The van der Waals surface area contributed by atoms with Crippen LogP contribution < -0.4 is 10.1 Å². The number of halogens is 1. The fraction of sp³-hybridized carbons (Fsp3) is 0.375. The van der Waals surface area contributed by atoms with Crippen LogP contribution >= 0.6 is 11.6 Å². The summed E-state index contributed by atoms with van der Waals surface area (Å²) >= 11 is 6.22. The Morgan fingerprint density at radius 2 is 1.79 bits per heavy atom. The summed E-state index contributed by atoms with van der Waals surface area (Å²) in [4.78, 5) is 0. The van der Waals surface area contributed by atoms with Crippen LogP contribution in [0.3, 0.4) is 0 Å². The summed E-state index contributed by atoms with van der Waals surface area (Å²) in [5.74, 6) is 0.878. The molecular formula is C16H20ClNO. The van der Waals surface area contributed by atoms with Crippen molar-refractivity contribution in [3.63, 3.8) is 0 Å². The number of likely N-dealkylation sites (N-methyl/N-ethyl adjacent to an activating group) is 1. The van der Waals surface area contributed by atoms with Crippen molar-refractivity contribution in [2.45, 2.75) is 26.4 Å². The maximum Gasteiger partial charge on any atom is 0.128 e. The second-order valence-corrected chi connectivity index (χ2v) is 5.64. The Labute approximate surface area is 119 Å². The van der Waals surface area contributed by atoms with Crippen LogP contribution in [0.4, 0.5) is 0 Å². The molecule has 0 fully saturated rings. The zero-order valence-corrected chi connectivity index (χ0v) is 12.4. The molecule has 2 rings (SSSR count). The second kappa shape index (κ2) is 5.81. The van der Waals surface area contributed by atoms with Gasteiger partial charge in [0.05, 0.1) is 0 Å². The van der Waals surface area contributed by atoms with E-state index >= 15 is 0 Å². The third-order valence-electron chi connectivity index (χ3n) is 3.02. The molecule has 0 saturated carbocycles. The molecule has 0 aliphatic carbocycles. The van der Waals surface area contributed by atoms with Crippen LogP contribution in [0.1, 0.15) is 20.8 Å². The highest BCUT2D eigenvalue weighted by atomic mass is 35.5. The minimum absolute atomic E-state index is 0.257. The van der Waals surface area contributed by atoms with Gasteiger partial charge in [0.25, 0.3) is 0 Å². The largest absolute Gasteiger partial charge is 0.486 e. The molecular weight excluding hydrogens is 258 g/mol. The van der Waals surface area contributed by atoms with Gasteiger partial charge in [-0.3, -0.25) is 0 Å². The summed E-state index contributed by atoms with van der Waals surface area (Å²) in [7, 11) is 0. The molecule has 0 heterocycles. The van der Waals surface area contributed by atoms with Gasteiger partial charge < -0.3 is 10.1 Å². The summed E-state index contributed by atoms with van der Waals surface area (Å²) in [5, 5.41) is 6.16. The zero-order valence-electron chi connectivity index (χ0n) is 11.7. The van der Waals surface area contributed by atoms with E-state index in [1.165, 1.54) is 0 Å². The van der Waals surface area contributed by atoms with Crippen molar-refractivity contribution >= 4 is 22.4 Å². The fourth-order valence-electron chi connectivity index (χ4n) is 2.08. The molecule has 0 unspecified atom stereocenters. The van der Waals surface area contributed by atoms with E-state index in [0.29, 0.717) is 0 Å². The third-order valence-corrected chi connectivity index (χ3v) is 3.35. The van der Waals surface area contributed by atoms with Gasteiger partial charge in [-0.25, -0.2) is 0 Å². The normalized spacial score (nSPS) is 11.8. The molecule has 0 radical (unpaired) electrons. The van der Waals surface area contributed by atoms with Crippen LogP contribution in [0, 0.1) is 0 Å². The molecule has 3 heteroatoms. The van der Waals surface area contributed by atoms with Gasteiger partial charge in [-0.05, 0) is 32.5 Å². The van der Waals surface area contributed by atoms with E-state index in [0.717, 1.165) is 34.6 Å². The smallest absolute Gasteiger partial charge is 0.128 e. The molecule has 0 spiro atoms. The molecule has 0 saturated heterocycles. The zero-order chi connectivity index (χ0) is 13.9. The highest BCUT2D eigenvalue weighted by Gasteiger charge is 2.20. The molecule has 0 amide bonds. The van der Waals surface area contributed by atoms with Crippen molar-refractivity contribution in [2.75, 3.05) is 13.1 Å². The summed E-state index contributed by atoms with van der Waals surface area (Å²) < 4.78 is 6.15. The first-order chi connectivity index (χ1) is 9.03. The summed E-state index contributed by atoms with van der Waals surface area (Å²) in [6.07, 6.45) is 0. The van der Waals surface area contributed by atoms with Crippen LogP contribution in [0.2, 0.25) is 5.02 Å². The van der Waals surface area contributed by atoms with Gasteiger partial charge in [0.2, 0.25) is 0 Å². The van der Waals surface area contributed by atoms with Crippen LogP contribution in [0.5, 0.6) is 5.75 Å². The Hall–Kier alpha value is -1.25. The lowest BCUT2D eigenvalue weighted by molar-refractivity contribution is 0.111. The lowest BCUT2D eigenvalue weighted by Crippen LogP contribution is -2.40. The molecule has 0 bridgehead atoms. The molecule has 0 atom stereocenters. The first-order valence-electron chi connectivity index (χ1n) is 6.60. The first-order valence-corrected chi connectivity index (χ1v) is 6.98. The predicted molar refractivity (Wildman–Crippen MR) is 82.2 cm³/mol. The maximum absolute atomic E-state index is 6.22. The first kappa shape index (κ1) is 14.2. The minimum Gasteiger partial charge on any atom is -0.486 e. The van der Waals surface area contributed by atoms with Crippen molar-refractivity contribution in [1.29, 1.82) is 0 Å². The molecule has 0 aliphatic rings. The van der Waals surface area contributed by atoms with Crippen LogP contribution in [0.15, 0.2) is 36.4 Å².